The van der Waals surface area contributed by atoms with Crippen LogP contribution in [0.2, 0.25) is 5.02 Å². The van der Waals surface area contributed by atoms with E-state index < -0.39 is 5.97 Å². The molecule has 3 rings (SSSR count). The number of hydrazone groups is 1. The first-order valence-electron chi connectivity index (χ1n) is 9.13. The summed E-state index contributed by atoms with van der Waals surface area (Å²) in [4.78, 5) is 24.4. The number of ether oxygens (including phenoxy) is 3. The first kappa shape index (κ1) is 21.9. The van der Waals surface area contributed by atoms with E-state index in [1.165, 1.54) is 20.4 Å². The van der Waals surface area contributed by atoms with Crippen LogP contribution in [0, 0.1) is 0 Å². The number of rotatable bonds is 7. The smallest absolute Gasteiger partial charge is 0.343 e. The van der Waals surface area contributed by atoms with Crippen LogP contribution in [0.5, 0.6) is 17.2 Å². The standard InChI is InChI=1S/C23H19ClN2O5/c1-29-20-12-7-17(13-21(20)30-2)23(28)31-19-10-3-15(4-11-19)14-25-26-22(27)16-5-8-18(24)9-6-16/h3-14H,1-2H3,(H,26,27)/b25-14+. The van der Waals surface area contributed by atoms with Gasteiger partial charge < -0.3 is 14.2 Å². The number of benzene rings is 3. The number of nitrogens with one attached hydrogen (secondary N) is 1. The highest BCUT2D eigenvalue weighted by Crippen LogP contribution is 2.28. The van der Waals surface area contributed by atoms with Gasteiger partial charge in [0.15, 0.2) is 11.5 Å². The summed E-state index contributed by atoms with van der Waals surface area (Å²) in [5, 5.41) is 4.47. The van der Waals surface area contributed by atoms with Crippen molar-refractivity contribution in [1.82, 2.24) is 5.43 Å². The zero-order valence-electron chi connectivity index (χ0n) is 16.8. The van der Waals surface area contributed by atoms with Crippen LogP contribution in [-0.2, 0) is 0 Å². The minimum atomic E-state index is -0.530. The molecule has 0 radical (unpaired) electrons. The van der Waals surface area contributed by atoms with Crippen molar-refractivity contribution >= 4 is 29.7 Å². The van der Waals surface area contributed by atoms with E-state index in [1.807, 2.05) is 0 Å². The lowest BCUT2D eigenvalue weighted by Crippen LogP contribution is -2.17. The van der Waals surface area contributed by atoms with E-state index in [4.69, 9.17) is 25.8 Å². The number of carbonyl (C=O) groups excluding carboxylic acids is 2. The Morgan fingerprint density at radius 1 is 0.871 bits per heavy atom. The summed E-state index contributed by atoms with van der Waals surface area (Å²) >= 11 is 5.80. The van der Waals surface area contributed by atoms with Crippen molar-refractivity contribution in [3.8, 4) is 17.2 Å². The Hall–Kier alpha value is -3.84. The van der Waals surface area contributed by atoms with Gasteiger partial charge in [-0.15, -0.1) is 0 Å². The lowest BCUT2D eigenvalue weighted by Gasteiger charge is -2.09. The van der Waals surface area contributed by atoms with Crippen LogP contribution >= 0.6 is 11.6 Å². The van der Waals surface area contributed by atoms with Crippen molar-refractivity contribution in [1.29, 1.82) is 0 Å². The fourth-order valence-electron chi connectivity index (χ4n) is 2.58. The molecule has 0 spiro atoms. The Bertz CT molecular complexity index is 1100. The molecule has 0 aliphatic carbocycles. The summed E-state index contributed by atoms with van der Waals surface area (Å²) in [6.45, 7) is 0. The molecule has 0 aliphatic heterocycles. The van der Waals surface area contributed by atoms with E-state index in [1.54, 1.807) is 66.7 Å². The van der Waals surface area contributed by atoms with Gasteiger partial charge in [0.2, 0.25) is 0 Å². The largest absolute Gasteiger partial charge is 0.493 e. The van der Waals surface area contributed by atoms with Crippen molar-refractivity contribution in [3.05, 3.63) is 88.4 Å². The van der Waals surface area contributed by atoms with Gasteiger partial charge in [-0.3, -0.25) is 4.79 Å². The fraction of sp³-hybridized carbons (Fsp3) is 0.0870. The second-order valence-corrected chi connectivity index (χ2v) is 6.67. The summed E-state index contributed by atoms with van der Waals surface area (Å²) in [5.74, 6) is 0.433. The molecule has 0 bridgehead atoms. The van der Waals surface area contributed by atoms with Crippen LogP contribution in [0.4, 0.5) is 0 Å². The van der Waals surface area contributed by atoms with Crippen molar-refractivity contribution in [2.45, 2.75) is 0 Å². The van der Waals surface area contributed by atoms with E-state index in [2.05, 4.69) is 10.5 Å². The van der Waals surface area contributed by atoms with Crippen molar-refractivity contribution in [3.63, 3.8) is 0 Å². The van der Waals surface area contributed by atoms with Gasteiger partial charge in [-0.05, 0) is 72.3 Å². The minimum Gasteiger partial charge on any atom is -0.493 e. The maximum absolute atomic E-state index is 12.4. The second-order valence-electron chi connectivity index (χ2n) is 6.23. The van der Waals surface area contributed by atoms with Gasteiger partial charge in [0.05, 0.1) is 26.0 Å². The molecule has 1 amide bonds. The Kier molecular flexibility index (Phi) is 7.24. The maximum Gasteiger partial charge on any atom is 0.343 e. The average Bonchev–Trinajstić information content (AvgIpc) is 2.80. The first-order valence-corrected chi connectivity index (χ1v) is 9.51. The average molecular weight is 439 g/mol. The van der Waals surface area contributed by atoms with Gasteiger partial charge in [-0.25, -0.2) is 10.2 Å². The van der Waals surface area contributed by atoms with Gasteiger partial charge in [0.25, 0.3) is 5.91 Å². The second kappa shape index (κ2) is 10.3. The number of amides is 1. The van der Waals surface area contributed by atoms with Gasteiger partial charge in [-0.1, -0.05) is 11.6 Å². The fourth-order valence-corrected chi connectivity index (χ4v) is 2.71. The van der Waals surface area contributed by atoms with E-state index in [0.29, 0.717) is 39.0 Å². The Balaban J connectivity index is 1.58. The summed E-state index contributed by atoms with van der Waals surface area (Å²) in [5.41, 5.74) is 3.92. The van der Waals surface area contributed by atoms with E-state index in [-0.39, 0.29) is 5.91 Å². The molecule has 0 aromatic heterocycles. The molecule has 0 fully saturated rings. The number of hydrogen-bond donors (Lipinski definition) is 1. The molecule has 158 valence electrons. The molecule has 3 aromatic rings. The minimum absolute atomic E-state index is 0.327. The molecule has 0 saturated carbocycles. The summed E-state index contributed by atoms with van der Waals surface area (Å²) < 4.78 is 15.7. The number of hydrogen-bond acceptors (Lipinski definition) is 6. The highest BCUT2D eigenvalue weighted by atomic mass is 35.5. The highest BCUT2D eigenvalue weighted by Gasteiger charge is 2.13. The summed E-state index contributed by atoms with van der Waals surface area (Å²) in [6, 6.07) is 17.9. The predicted octanol–water partition coefficient (Wildman–Crippen LogP) is 4.34. The van der Waals surface area contributed by atoms with Crippen LogP contribution < -0.4 is 19.6 Å². The van der Waals surface area contributed by atoms with E-state index in [0.717, 1.165) is 0 Å². The topological polar surface area (TPSA) is 86.2 Å². The van der Waals surface area contributed by atoms with Crippen LogP contribution in [0.1, 0.15) is 26.3 Å². The molecule has 8 heteroatoms. The van der Waals surface area contributed by atoms with Gasteiger partial charge in [0.1, 0.15) is 5.75 Å². The van der Waals surface area contributed by atoms with Crippen LogP contribution in [0.25, 0.3) is 0 Å². The van der Waals surface area contributed by atoms with E-state index >= 15 is 0 Å². The normalized spacial score (nSPS) is 10.5. The Morgan fingerprint density at radius 2 is 1.52 bits per heavy atom. The van der Waals surface area contributed by atoms with Crippen molar-refractivity contribution < 1.29 is 23.8 Å². The third kappa shape index (κ3) is 5.83. The monoisotopic (exact) mass is 438 g/mol. The van der Waals surface area contributed by atoms with Crippen LogP contribution in [0.15, 0.2) is 71.8 Å². The maximum atomic E-state index is 12.4. The lowest BCUT2D eigenvalue weighted by molar-refractivity contribution is 0.0734. The molecule has 0 saturated heterocycles. The Morgan fingerprint density at radius 3 is 2.16 bits per heavy atom. The molecule has 1 N–H and O–H groups in total. The Labute approximate surface area is 184 Å². The molecule has 0 atom stereocenters. The van der Waals surface area contributed by atoms with Crippen LogP contribution in [0.3, 0.4) is 0 Å². The predicted molar refractivity (Wildman–Crippen MR) is 117 cm³/mol. The number of methoxy groups -OCH3 is 2. The zero-order valence-corrected chi connectivity index (χ0v) is 17.6. The molecule has 0 heterocycles. The van der Waals surface area contributed by atoms with E-state index in [9.17, 15) is 9.59 Å². The number of carbonyl (C=O) groups is 2. The number of halogens is 1. The summed E-state index contributed by atoms with van der Waals surface area (Å²) in [7, 11) is 3.01. The molecule has 0 unspecified atom stereocenters. The molecule has 7 nitrogen and oxygen atoms in total. The third-order valence-corrected chi connectivity index (χ3v) is 4.45. The molecule has 31 heavy (non-hydrogen) atoms. The third-order valence-electron chi connectivity index (χ3n) is 4.20. The first-order chi connectivity index (χ1) is 15.0. The number of nitrogens with zero attached hydrogens (tertiary/aromatic N) is 1. The van der Waals surface area contributed by atoms with Crippen molar-refractivity contribution in [2.75, 3.05) is 14.2 Å². The van der Waals surface area contributed by atoms with Gasteiger partial charge >= 0.3 is 5.97 Å². The highest BCUT2D eigenvalue weighted by molar-refractivity contribution is 6.30. The number of esters is 1. The molecular formula is C23H19ClN2O5. The van der Waals surface area contributed by atoms with Crippen LogP contribution in [-0.4, -0.2) is 32.3 Å². The summed E-state index contributed by atoms with van der Waals surface area (Å²) in [6.07, 6.45) is 1.48. The van der Waals surface area contributed by atoms with Gasteiger partial charge in [0, 0.05) is 10.6 Å². The molecular weight excluding hydrogens is 420 g/mol. The molecule has 3 aromatic carbocycles. The lowest BCUT2D eigenvalue weighted by atomic mass is 10.2. The quantitative estimate of drug-likeness (QED) is 0.256. The zero-order chi connectivity index (χ0) is 22.2. The SMILES string of the molecule is COc1ccc(C(=O)Oc2ccc(/C=N/NC(=O)c3ccc(Cl)cc3)cc2)cc1OC. The molecule has 0 aliphatic rings. The van der Waals surface area contributed by atoms with Crippen molar-refractivity contribution in [2.24, 2.45) is 5.10 Å². The van der Waals surface area contributed by atoms with Gasteiger partial charge in [-0.2, -0.15) is 5.10 Å².